The van der Waals surface area contributed by atoms with Crippen molar-refractivity contribution in [2.75, 3.05) is 6.61 Å². The van der Waals surface area contributed by atoms with E-state index in [0.717, 1.165) is 19.3 Å². The Morgan fingerprint density at radius 2 is 1.87 bits per heavy atom. The van der Waals surface area contributed by atoms with Crippen LogP contribution in [0.3, 0.4) is 0 Å². The van der Waals surface area contributed by atoms with Crippen LogP contribution in [-0.2, 0) is 14.3 Å². The zero-order valence-electron chi connectivity index (χ0n) is 15.5. The van der Waals surface area contributed by atoms with Gasteiger partial charge in [0, 0.05) is 0 Å². The molecule has 0 heterocycles. The first-order valence-electron chi connectivity index (χ1n) is 8.37. The van der Waals surface area contributed by atoms with Crippen LogP contribution in [-0.4, -0.2) is 30.3 Å². The number of carbonyl (C=O) groups is 2. The zero-order chi connectivity index (χ0) is 18.0. The van der Waals surface area contributed by atoms with Gasteiger partial charge in [-0.25, -0.2) is 9.59 Å². The fraction of sp³-hybridized carbons (Fsp3) is 0.778. The van der Waals surface area contributed by atoms with Crippen molar-refractivity contribution in [2.45, 2.75) is 72.4 Å². The summed E-state index contributed by atoms with van der Waals surface area (Å²) in [6.45, 7) is 15.2. The third kappa shape index (κ3) is 9.97. The Balaban J connectivity index is 4.82. The normalized spacial score (nSPS) is 15.2. The summed E-state index contributed by atoms with van der Waals surface area (Å²) in [5, 5.41) is 2.66. The van der Waals surface area contributed by atoms with Gasteiger partial charge in [0.25, 0.3) is 0 Å². The molecule has 0 rings (SSSR count). The summed E-state index contributed by atoms with van der Waals surface area (Å²) in [5.74, 6) is -0.0245. The fourth-order valence-corrected chi connectivity index (χ4v) is 2.39. The van der Waals surface area contributed by atoms with E-state index in [1.54, 1.807) is 27.7 Å². The second-order valence-corrected chi connectivity index (χ2v) is 7.06. The summed E-state index contributed by atoms with van der Waals surface area (Å²) in [5.41, 5.74) is -0.607. The lowest BCUT2D eigenvalue weighted by Gasteiger charge is -2.27. The predicted octanol–water partition coefficient (Wildman–Crippen LogP) is 4.07. The quantitative estimate of drug-likeness (QED) is 0.512. The van der Waals surface area contributed by atoms with Gasteiger partial charge in [0.1, 0.15) is 11.6 Å². The summed E-state index contributed by atoms with van der Waals surface area (Å²) in [4.78, 5) is 24.2. The smallest absolute Gasteiger partial charge is 0.408 e. The number of hydrogen-bond donors (Lipinski definition) is 1. The van der Waals surface area contributed by atoms with Gasteiger partial charge in [0.2, 0.25) is 0 Å². The number of hydrogen-bond acceptors (Lipinski definition) is 4. The molecule has 0 fully saturated rings. The van der Waals surface area contributed by atoms with E-state index in [-0.39, 0.29) is 12.5 Å². The van der Waals surface area contributed by atoms with E-state index in [0.29, 0.717) is 5.92 Å². The SMILES string of the molecule is C=CCCC(C)CC(C)C(NC(=O)OC(C)(C)C)C(=O)OCC. The van der Waals surface area contributed by atoms with Crippen molar-refractivity contribution in [3.63, 3.8) is 0 Å². The highest BCUT2D eigenvalue weighted by Gasteiger charge is 2.30. The minimum Gasteiger partial charge on any atom is -0.464 e. The summed E-state index contributed by atoms with van der Waals surface area (Å²) >= 11 is 0. The molecule has 0 spiro atoms. The average molecular weight is 327 g/mol. The number of esters is 1. The van der Waals surface area contributed by atoms with Crippen LogP contribution >= 0.6 is 0 Å². The van der Waals surface area contributed by atoms with Gasteiger partial charge < -0.3 is 14.8 Å². The number of nitrogens with one attached hydrogen (secondary N) is 1. The highest BCUT2D eigenvalue weighted by atomic mass is 16.6. The number of ether oxygens (including phenoxy) is 2. The fourth-order valence-electron chi connectivity index (χ4n) is 2.39. The number of carbonyl (C=O) groups excluding carboxylic acids is 2. The highest BCUT2D eigenvalue weighted by Crippen LogP contribution is 2.21. The molecule has 3 atom stereocenters. The van der Waals surface area contributed by atoms with Crippen LogP contribution in [0.25, 0.3) is 0 Å². The van der Waals surface area contributed by atoms with E-state index in [1.165, 1.54) is 0 Å². The molecule has 0 saturated heterocycles. The van der Waals surface area contributed by atoms with Gasteiger partial charge in [-0.05, 0) is 58.8 Å². The molecule has 0 aliphatic heterocycles. The first-order chi connectivity index (χ1) is 10.6. The first kappa shape index (κ1) is 21.5. The van der Waals surface area contributed by atoms with E-state index in [4.69, 9.17) is 9.47 Å². The molecule has 0 aromatic carbocycles. The van der Waals surface area contributed by atoms with Crippen molar-refractivity contribution in [2.24, 2.45) is 11.8 Å². The largest absolute Gasteiger partial charge is 0.464 e. The molecular weight excluding hydrogens is 294 g/mol. The minimum absolute atomic E-state index is 0.0404. The van der Waals surface area contributed by atoms with Crippen molar-refractivity contribution < 1.29 is 19.1 Å². The number of allylic oxidation sites excluding steroid dienone is 1. The molecule has 5 nitrogen and oxygen atoms in total. The Kier molecular flexibility index (Phi) is 9.61. The molecule has 1 amide bonds. The Morgan fingerprint density at radius 3 is 2.35 bits per heavy atom. The van der Waals surface area contributed by atoms with Gasteiger partial charge >= 0.3 is 12.1 Å². The van der Waals surface area contributed by atoms with E-state index < -0.39 is 23.7 Å². The maximum Gasteiger partial charge on any atom is 0.408 e. The van der Waals surface area contributed by atoms with Crippen molar-refractivity contribution in [1.82, 2.24) is 5.32 Å². The molecule has 0 aliphatic carbocycles. The van der Waals surface area contributed by atoms with Gasteiger partial charge in [-0.15, -0.1) is 6.58 Å². The zero-order valence-corrected chi connectivity index (χ0v) is 15.5. The van der Waals surface area contributed by atoms with Crippen LogP contribution in [0, 0.1) is 11.8 Å². The lowest BCUT2D eigenvalue weighted by molar-refractivity contribution is -0.147. The second kappa shape index (κ2) is 10.3. The predicted molar refractivity (Wildman–Crippen MR) is 92.2 cm³/mol. The van der Waals surface area contributed by atoms with E-state index in [2.05, 4.69) is 18.8 Å². The lowest BCUT2D eigenvalue weighted by Crippen LogP contribution is -2.48. The summed E-state index contributed by atoms with van der Waals surface area (Å²) < 4.78 is 10.3. The van der Waals surface area contributed by atoms with E-state index in [1.807, 2.05) is 13.0 Å². The summed E-state index contributed by atoms with van der Waals surface area (Å²) in [6.07, 6.45) is 4.06. The van der Waals surface area contributed by atoms with Crippen molar-refractivity contribution in [1.29, 1.82) is 0 Å². The molecule has 0 radical (unpaired) electrons. The molecule has 0 aromatic heterocycles. The van der Waals surface area contributed by atoms with E-state index >= 15 is 0 Å². The molecule has 0 bridgehead atoms. The van der Waals surface area contributed by atoms with Gasteiger partial charge in [-0.2, -0.15) is 0 Å². The molecule has 23 heavy (non-hydrogen) atoms. The second-order valence-electron chi connectivity index (χ2n) is 7.06. The van der Waals surface area contributed by atoms with Gasteiger partial charge in [0.05, 0.1) is 6.61 Å². The number of alkyl carbamates (subject to hydrolysis) is 1. The van der Waals surface area contributed by atoms with Gasteiger partial charge in [0.15, 0.2) is 0 Å². The molecule has 0 aliphatic rings. The summed E-state index contributed by atoms with van der Waals surface area (Å²) in [7, 11) is 0. The molecule has 134 valence electrons. The highest BCUT2D eigenvalue weighted by molar-refractivity contribution is 5.81. The Hall–Kier alpha value is -1.52. The van der Waals surface area contributed by atoms with Crippen molar-refractivity contribution in [3.8, 4) is 0 Å². The summed E-state index contributed by atoms with van der Waals surface area (Å²) in [6, 6.07) is -0.698. The van der Waals surface area contributed by atoms with Crippen LogP contribution in [0.1, 0.15) is 60.8 Å². The molecule has 1 N–H and O–H groups in total. The van der Waals surface area contributed by atoms with Crippen molar-refractivity contribution >= 4 is 12.1 Å². The first-order valence-corrected chi connectivity index (χ1v) is 8.37. The lowest BCUT2D eigenvalue weighted by atomic mass is 9.89. The monoisotopic (exact) mass is 327 g/mol. The average Bonchev–Trinajstić information content (AvgIpc) is 2.40. The molecular formula is C18H33NO4. The Labute approximate surface area is 140 Å². The topological polar surface area (TPSA) is 64.6 Å². The third-order valence-corrected chi connectivity index (χ3v) is 3.42. The van der Waals surface area contributed by atoms with E-state index in [9.17, 15) is 9.59 Å². The molecule has 0 saturated carbocycles. The van der Waals surface area contributed by atoms with Gasteiger partial charge in [-0.1, -0.05) is 19.9 Å². The Morgan fingerprint density at radius 1 is 1.26 bits per heavy atom. The van der Waals surface area contributed by atoms with Crippen LogP contribution in [0.2, 0.25) is 0 Å². The number of amides is 1. The molecule has 5 heteroatoms. The van der Waals surface area contributed by atoms with Crippen LogP contribution in [0.4, 0.5) is 4.79 Å². The maximum atomic E-state index is 12.2. The maximum absolute atomic E-state index is 12.2. The molecule has 3 unspecified atom stereocenters. The van der Waals surface area contributed by atoms with Gasteiger partial charge in [-0.3, -0.25) is 0 Å². The van der Waals surface area contributed by atoms with Crippen LogP contribution < -0.4 is 5.32 Å². The Bertz CT molecular complexity index is 387. The molecule has 0 aromatic rings. The number of rotatable bonds is 9. The minimum atomic E-state index is -0.698. The van der Waals surface area contributed by atoms with Crippen molar-refractivity contribution in [3.05, 3.63) is 12.7 Å². The third-order valence-electron chi connectivity index (χ3n) is 3.42. The standard InChI is InChI=1S/C18H33NO4/c1-8-10-11-13(3)12-14(4)15(16(20)22-9-2)19-17(21)23-18(5,6)7/h8,13-15H,1,9-12H2,2-7H3,(H,19,21). The van der Waals surface area contributed by atoms with Crippen LogP contribution in [0.15, 0.2) is 12.7 Å². The van der Waals surface area contributed by atoms with Crippen LogP contribution in [0.5, 0.6) is 0 Å².